The third-order valence-electron chi connectivity index (χ3n) is 4.43. The molecule has 0 amide bonds. The Balaban J connectivity index is 1.50. The number of fused-ring (bicyclic) bond motifs is 1. The van der Waals surface area contributed by atoms with Crippen LogP contribution in [0.5, 0.6) is 11.5 Å². The predicted octanol–water partition coefficient (Wildman–Crippen LogP) is 2.23. The van der Waals surface area contributed by atoms with Crippen molar-refractivity contribution in [1.82, 2.24) is 9.97 Å². The second-order valence-corrected chi connectivity index (χ2v) is 5.88. The van der Waals surface area contributed by atoms with E-state index in [1.807, 2.05) is 19.1 Å². The van der Waals surface area contributed by atoms with Gasteiger partial charge in [-0.2, -0.15) is 0 Å². The molecule has 1 aromatic carbocycles. The lowest BCUT2D eigenvalue weighted by Gasteiger charge is -2.37. The van der Waals surface area contributed by atoms with Crippen LogP contribution < -0.4 is 19.3 Å². The molecule has 0 bridgehead atoms. The van der Waals surface area contributed by atoms with Gasteiger partial charge in [-0.25, -0.2) is 9.97 Å². The molecule has 0 spiro atoms. The standard InChI is InChI=1S/C17H20N4O2/c1-12-14(3-4-15-17(12)23-13(2)22-15)20-7-9-21(10-8-20)16-5-6-18-11-19-16/h3-6,11,13H,7-10H2,1-2H3. The Morgan fingerprint density at radius 3 is 2.57 bits per heavy atom. The Morgan fingerprint density at radius 1 is 1.04 bits per heavy atom. The zero-order valence-corrected chi connectivity index (χ0v) is 13.4. The molecule has 2 aliphatic heterocycles. The summed E-state index contributed by atoms with van der Waals surface area (Å²) in [6.45, 7) is 7.83. The van der Waals surface area contributed by atoms with Crippen LogP contribution in [0.25, 0.3) is 0 Å². The Kier molecular flexibility index (Phi) is 3.44. The molecule has 1 atom stereocenters. The SMILES string of the molecule is Cc1c(N2CCN(c3ccncn3)CC2)ccc2c1OC(C)O2. The molecule has 1 aromatic heterocycles. The monoisotopic (exact) mass is 312 g/mol. The first kappa shape index (κ1) is 14.1. The van der Waals surface area contributed by atoms with Crippen LogP contribution >= 0.6 is 0 Å². The fourth-order valence-corrected chi connectivity index (χ4v) is 3.25. The summed E-state index contributed by atoms with van der Waals surface area (Å²) < 4.78 is 11.4. The molecule has 6 nitrogen and oxygen atoms in total. The summed E-state index contributed by atoms with van der Waals surface area (Å²) in [7, 11) is 0. The maximum atomic E-state index is 5.78. The quantitative estimate of drug-likeness (QED) is 0.847. The van der Waals surface area contributed by atoms with E-state index in [-0.39, 0.29) is 6.29 Å². The average Bonchev–Trinajstić information content (AvgIpc) is 2.98. The molecule has 0 radical (unpaired) electrons. The van der Waals surface area contributed by atoms with Crippen LogP contribution in [0.2, 0.25) is 0 Å². The minimum absolute atomic E-state index is 0.200. The van der Waals surface area contributed by atoms with E-state index in [4.69, 9.17) is 9.47 Å². The zero-order chi connectivity index (χ0) is 15.8. The van der Waals surface area contributed by atoms with E-state index in [0.717, 1.165) is 49.1 Å². The van der Waals surface area contributed by atoms with E-state index < -0.39 is 0 Å². The molecule has 4 rings (SSSR count). The van der Waals surface area contributed by atoms with Gasteiger partial charge in [0.25, 0.3) is 0 Å². The van der Waals surface area contributed by atoms with Crippen molar-refractivity contribution in [2.24, 2.45) is 0 Å². The van der Waals surface area contributed by atoms with Crippen LogP contribution in [0.4, 0.5) is 11.5 Å². The highest BCUT2D eigenvalue weighted by atomic mass is 16.7. The van der Waals surface area contributed by atoms with Gasteiger partial charge in [0.15, 0.2) is 11.5 Å². The number of aromatic nitrogens is 2. The van der Waals surface area contributed by atoms with Gasteiger partial charge in [-0.15, -0.1) is 0 Å². The maximum absolute atomic E-state index is 5.78. The largest absolute Gasteiger partial charge is 0.451 e. The molecule has 6 heteroatoms. The summed E-state index contributed by atoms with van der Waals surface area (Å²) in [5.74, 6) is 2.72. The molecular weight excluding hydrogens is 292 g/mol. The zero-order valence-electron chi connectivity index (χ0n) is 13.4. The summed E-state index contributed by atoms with van der Waals surface area (Å²) in [6.07, 6.45) is 3.19. The van der Waals surface area contributed by atoms with Crippen LogP contribution in [0.3, 0.4) is 0 Å². The van der Waals surface area contributed by atoms with Crippen molar-refractivity contribution in [2.45, 2.75) is 20.1 Å². The van der Waals surface area contributed by atoms with E-state index >= 15 is 0 Å². The van der Waals surface area contributed by atoms with Gasteiger partial charge < -0.3 is 19.3 Å². The summed E-state index contributed by atoms with van der Waals surface area (Å²) in [5, 5.41) is 0. The first-order valence-corrected chi connectivity index (χ1v) is 7.95. The molecule has 0 saturated carbocycles. The summed E-state index contributed by atoms with van der Waals surface area (Å²) in [6, 6.07) is 6.11. The molecule has 0 N–H and O–H groups in total. The first-order chi connectivity index (χ1) is 11.2. The van der Waals surface area contributed by atoms with Crippen molar-refractivity contribution in [3.63, 3.8) is 0 Å². The smallest absolute Gasteiger partial charge is 0.238 e. The third kappa shape index (κ3) is 2.54. The number of benzene rings is 1. The molecule has 2 aliphatic rings. The third-order valence-corrected chi connectivity index (χ3v) is 4.43. The fourth-order valence-electron chi connectivity index (χ4n) is 3.25. The summed E-state index contributed by atoms with van der Waals surface area (Å²) in [4.78, 5) is 13.0. The van der Waals surface area contributed by atoms with Crippen molar-refractivity contribution < 1.29 is 9.47 Å². The lowest BCUT2D eigenvalue weighted by Crippen LogP contribution is -2.47. The van der Waals surface area contributed by atoms with Gasteiger partial charge in [-0.1, -0.05) is 0 Å². The van der Waals surface area contributed by atoms with Crippen molar-refractivity contribution in [3.8, 4) is 11.5 Å². The van der Waals surface area contributed by atoms with E-state index in [0.29, 0.717) is 0 Å². The Labute approximate surface area is 135 Å². The van der Waals surface area contributed by atoms with Crippen molar-refractivity contribution in [1.29, 1.82) is 0 Å². The minimum Gasteiger partial charge on any atom is -0.451 e. The van der Waals surface area contributed by atoms with E-state index in [2.05, 4.69) is 32.8 Å². The first-order valence-electron chi connectivity index (χ1n) is 7.95. The maximum Gasteiger partial charge on any atom is 0.238 e. The Morgan fingerprint density at radius 2 is 1.83 bits per heavy atom. The Bertz CT molecular complexity index is 699. The Hall–Kier alpha value is -2.50. The van der Waals surface area contributed by atoms with Crippen LogP contribution in [0, 0.1) is 6.92 Å². The molecule has 0 aliphatic carbocycles. The fraction of sp³-hybridized carbons (Fsp3) is 0.412. The van der Waals surface area contributed by atoms with Gasteiger partial charge in [-0.05, 0) is 25.1 Å². The van der Waals surface area contributed by atoms with Gasteiger partial charge in [0, 0.05) is 50.6 Å². The molecule has 23 heavy (non-hydrogen) atoms. The van der Waals surface area contributed by atoms with Crippen molar-refractivity contribution in [2.75, 3.05) is 36.0 Å². The van der Waals surface area contributed by atoms with Gasteiger partial charge in [0.05, 0.1) is 0 Å². The molecule has 1 saturated heterocycles. The lowest BCUT2D eigenvalue weighted by molar-refractivity contribution is 0.0675. The molecule has 120 valence electrons. The van der Waals surface area contributed by atoms with Crippen LogP contribution in [0.1, 0.15) is 12.5 Å². The molecule has 3 heterocycles. The van der Waals surface area contributed by atoms with Gasteiger partial charge in [0.2, 0.25) is 6.29 Å². The van der Waals surface area contributed by atoms with E-state index in [1.165, 1.54) is 5.69 Å². The number of piperazine rings is 1. The van der Waals surface area contributed by atoms with Gasteiger partial charge in [0.1, 0.15) is 12.1 Å². The van der Waals surface area contributed by atoms with Gasteiger partial charge >= 0.3 is 0 Å². The second-order valence-electron chi connectivity index (χ2n) is 5.88. The van der Waals surface area contributed by atoms with Crippen molar-refractivity contribution in [3.05, 3.63) is 36.3 Å². The molecule has 1 fully saturated rings. The van der Waals surface area contributed by atoms with E-state index in [9.17, 15) is 0 Å². The van der Waals surface area contributed by atoms with Crippen LogP contribution in [0.15, 0.2) is 30.7 Å². The molecule has 2 aromatic rings. The topological polar surface area (TPSA) is 50.7 Å². The summed E-state index contributed by atoms with van der Waals surface area (Å²) in [5.41, 5.74) is 2.38. The highest BCUT2D eigenvalue weighted by Gasteiger charge is 2.26. The number of hydrogen-bond acceptors (Lipinski definition) is 6. The molecular formula is C17H20N4O2. The molecule has 1 unspecified atom stereocenters. The number of rotatable bonds is 2. The van der Waals surface area contributed by atoms with Crippen molar-refractivity contribution >= 4 is 11.5 Å². The minimum atomic E-state index is -0.200. The normalized spacial score (nSPS) is 20.0. The number of anilines is 2. The average molecular weight is 312 g/mol. The number of ether oxygens (including phenoxy) is 2. The number of hydrogen-bond donors (Lipinski definition) is 0. The predicted molar refractivity (Wildman–Crippen MR) is 88.4 cm³/mol. The number of nitrogens with zero attached hydrogens (tertiary/aromatic N) is 4. The summed E-state index contributed by atoms with van der Waals surface area (Å²) >= 11 is 0. The highest BCUT2D eigenvalue weighted by molar-refractivity contribution is 5.65. The van der Waals surface area contributed by atoms with Crippen LogP contribution in [-0.4, -0.2) is 42.4 Å². The lowest BCUT2D eigenvalue weighted by atomic mass is 10.1. The highest BCUT2D eigenvalue weighted by Crippen LogP contribution is 2.42. The van der Waals surface area contributed by atoms with Crippen LogP contribution in [-0.2, 0) is 0 Å². The van der Waals surface area contributed by atoms with Gasteiger partial charge in [-0.3, -0.25) is 0 Å². The van der Waals surface area contributed by atoms with E-state index in [1.54, 1.807) is 12.5 Å². The second kappa shape index (κ2) is 5.61.